The molecule has 0 amide bonds. The van der Waals surface area contributed by atoms with E-state index in [0.29, 0.717) is 17.9 Å². The maximum Gasteiger partial charge on any atom is 0.0285 e. The number of rotatable bonds is 8. The smallest absolute Gasteiger partial charge is 0.0285 e. The lowest BCUT2D eigenvalue weighted by atomic mass is 9.79. The highest BCUT2D eigenvalue weighted by molar-refractivity contribution is 7.09. The molecule has 0 aliphatic heterocycles. The molecular formula is C18H26N2S. The quantitative estimate of drug-likeness (QED) is 0.562. The fourth-order valence-corrected chi connectivity index (χ4v) is 3.73. The van der Waals surface area contributed by atoms with E-state index in [1.165, 1.54) is 10.4 Å². The molecule has 0 bridgehead atoms. The summed E-state index contributed by atoms with van der Waals surface area (Å²) in [6.45, 7) is 4.58. The predicted octanol–water partition coefficient (Wildman–Crippen LogP) is 4.34. The monoisotopic (exact) mass is 302 g/mol. The first kappa shape index (κ1) is 16.2. The van der Waals surface area contributed by atoms with Crippen molar-refractivity contribution in [1.29, 1.82) is 0 Å². The Labute approximate surface area is 132 Å². The van der Waals surface area contributed by atoms with Gasteiger partial charge in [0, 0.05) is 16.8 Å². The number of nitrogens with two attached hydrogens (primary N) is 1. The molecule has 0 spiro atoms. The van der Waals surface area contributed by atoms with Gasteiger partial charge in [-0.1, -0.05) is 56.7 Å². The fourth-order valence-electron chi connectivity index (χ4n) is 3.01. The number of hydrazine groups is 1. The molecule has 0 radical (unpaired) electrons. The Morgan fingerprint density at radius 1 is 1.14 bits per heavy atom. The predicted molar refractivity (Wildman–Crippen MR) is 92.4 cm³/mol. The van der Waals surface area contributed by atoms with Crippen molar-refractivity contribution in [3.8, 4) is 0 Å². The summed E-state index contributed by atoms with van der Waals surface area (Å²) in [5.74, 6) is 6.96. The van der Waals surface area contributed by atoms with Gasteiger partial charge in [-0.25, -0.2) is 0 Å². The van der Waals surface area contributed by atoms with Crippen LogP contribution in [0, 0.1) is 5.92 Å². The molecule has 1 heterocycles. The van der Waals surface area contributed by atoms with Crippen molar-refractivity contribution in [2.75, 3.05) is 0 Å². The van der Waals surface area contributed by atoms with Crippen LogP contribution in [0.1, 0.15) is 43.0 Å². The Kier molecular flexibility index (Phi) is 6.43. The molecule has 3 N–H and O–H groups in total. The number of thiophene rings is 1. The van der Waals surface area contributed by atoms with Crippen molar-refractivity contribution in [2.45, 2.75) is 45.1 Å². The van der Waals surface area contributed by atoms with Crippen LogP contribution < -0.4 is 11.3 Å². The van der Waals surface area contributed by atoms with Crippen LogP contribution in [0.5, 0.6) is 0 Å². The molecule has 1 aromatic carbocycles. The maximum absolute atomic E-state index is 5.90. The first-order valence-electron chi connectivity index (χ1n) is 7.79. The van der Waals surface area contributed by atoms with Crippen LogP contribution in [-0.4, -0.2) is 6.04 Å². The average Bonchev–Trinajstić information content (AvgIpc) is 3.05. The molecule has 114 valence electrons. The number of hydrogen-bond donors (Lipinski definition) is 2. The number of hydrogen-bond acceptors (Lipinski definition) is 3. The zero-order valence-corrected chi connectivity index (χ0v) is 13.8. The van der Waals surface area contributed by atoms with Gasteiger partial charge in [0.1, 0.15) is 0 Å². The Bertz CT molecular complexity index is 495. The highest BCUT2D eigenvalue weighted by Gasteiger charge is 2.26. The maximum atomic E-state index is 5.90. The van der Waals surface area contributed by atoms with Crippen LogP contribution in [0.3, 0.4) is 0 Å². The van der Waals surface area contributed by atoms with E-state index in [0.717, 1.165) is 19.3 Å². The van der Waals surface area contributed by atoms with Crippen molar-refractivity contribution in [3.05, 3.63) is 58.3 Å². The molecule has 2 aromatic rings. The van der Waals surface area contributed by atoms with Crippen molar-refractivity contribution in [2.24, 2.45) is 11.8 Å². The molecule has 0 fully saturated rings. The van der Waals surface area contributed by atoms with Gasteiger partial charge in [-0.15, -0.1) is 11.3 Å². The molecule has 3 atom stereocenters. The molecule has 0 aliphatic carbocycles. The summed E-state index contributed by atoms with van der Waals surface area (Å²) in [5.41, 5.74) is 4.47. The van der Waals surface area contributed by atoms with Crippen LogP contribution in [0.4, 0.5) is 0 Å². The molecule has 3 heteroatoms. The molecule has 2 rings (SSSR count). The van der Waals surface area contributed by atoms with Gasteiger partial charge >= 0.3 is 0 Å². The molecule has 0 aliphatic rings. The van der Waals surface area contributed by atoms with E-state index in [1.807, 2.05) is 11.3 Å². The summed E-state index contributed by atoms with van der Waals surface area (Å²) < 4.78 is 0. The third-order valence-electron chi connectivity index (χ3n) is 4.37. The largest absolute Gasteiger partial charge is 0.271 e. The van der Waals surface area contributed by atoms with Gasteiger partial charge in [-0.05, 0) is 35.8 Å². The lowest BCUT2D eigenvalue weighted by molar-refractivity contribution is 0.324. The lowest BCUT2D eigenvalue weighted by Crippen LogP contribution is -2.42. The number of aryl methyl sites for hydroxylation is 1. The summed E-state index contributed by atoms with van der Waals surface area (Å²) in [6.07, 6.45) is 3.32. The Morgan fingerprint density at radius 2 is 1.90 bits per heavy atom. The Morgan fingerprint density at radius 3 is 2.48 bits per heavy atom. The summed E-state index contributed by atoms with van der Waals surface area (Å²) in [4.78, 5) is 1.44. The summed E-state index contributed by atoms with van der Waals surface area (Å²) >= 11 is 1.83. The van der Waals surface area contributed by atoms with E-state index >= 15 is 0 Å². The second-order valence-corrected chi connectivity index (χ2v) is 6.75. The van der Waals surface area contributed by atoms with Crippen LogP contribution in [-0.2, 0) is 6.42 Å². The van der Waals surface area contributed by atoms with E-state index in [2.05, 4.69) is 67.1 Å². The van der Waals surface area contributed by atoms with Gasteiger partial charge in [0.15, 0.2) is 0 Å². The summed E-state index contributed by atoms with van der Waals surface area (Å²) in [7, 11) is 0. The van der Waals surface area contributed by atoms with Crippen LogP contribution in [0.2, 0.25) is 0 Å². The second kappa shape index (κ2) is 8.32. The first-order chi connectivity index (χ1) is 10.3. The average molecular weight is 302 g/mol. The van der Waals surface area contributed by atoms with Crippen LogP contribution >= 0.6 is 11.3 Å². The van der Waals surface area contributed by atoms with Gasteiger partial charge in [0.05, 0.1) is 0 Å². The van der Waals surface area contributed by atoms with Gasteiger partial charge in [-0.2, -0.15) is 0 Å². The number of nitrogens with one attached hydrogen (secondary N) is 1. The third-order valence-corrected chi connectivity index (χ3v) is 5.31. The van der Waals surface area contributed by atoms with E-state index in [-0.39, 0.29) is 0 Å². The van der Waals surface area contributed by atoms with Gasteiger partial charge in [0.2, 0.25) is 0 Å². The van der Waals surface area contributed by atoms with Crippen molar-refractivity contribution in [3.63, 3.8) is 0 Å². The first-order valence-corrected chi connectivity index (χ1v) is 8.67. The highest BCUT2D eigenvalue weighted by atomic mass is 32.1. The van der Waals surface area contributed by atoms with Crippen molar-refractivity contribution >= 4 is 11.3 Å². The minimum atomic E-state index is 0.310. The second-order valence-electron chi connectivity index (χ2n) is 5.71. The Balaban J connectivity index is 2.13. The SMILES string of the molecule is CCC(C)C(c1ccccc1)C(CCc1cccs1)NN. The zero-order valence-electron chi connectivity index (χ0n) is 13.0. The van der Waals surface area contributed by atoms with Crippen molar-refractivity contribution < 1.29 is 0 Å². The van der Waals surface area contributed by atoms with E-state index in [1.54, 1.807) is 0 Å². The minimum Gasteiger partial charge on any atom is -0.271 e. The molecule has 1 aromatic heterocycles. The van der Waals surface area contributed by atoms with Crippen molar-refractivity contribution in [1.82, 2.24) is 5.43 Å². The minimum absolute atomic E-state index is 0.310. The standard InChI is InChI=1S/C18H26N2S/c1-3-14(2)18(15-8-5-4-6-9-15)17(20-19)12-11-16-10-7-13-21-16/h4-10,13-14,17-18,20H,3,11-12,19H2,1-2H3. The summed E-state index contributed by atoms with van der Waals surface area (Å²) in [6, 6.07) is 15.4. The van der Waals surface area contributed by atoms with E-state index < -0.39 is 0 Å². The van der Waals surface area contributed by atoms with E-state index in [4.69, 9.17) is 5.84 Å². The topological polar surface area (TPSA) is 38.0 Å². The molecule has 3 unspecified atom stereocenters. The molecule has 21 heavy (non-hydrogen) atoms. The molecule has 0 saturated heterocycles. The third kappa shape index (κ3) is 4.40. The highest BCUT2D eigenvalue weighted by Crippen LogP contribution is 2.32. The fraction of sp³-hybridized carbons (Fsp3) is 0.444. The van der Waals surface area contributed by atoms with Crippen LogP contribution in [0.25, 0.3) is 0 Å². The van der Waals surface area contributed by atoms with Crippen LogP contribution in [0.15, 0.2) is 47.8 Å². The Hall–Kier alpha value is -1.16. The van der Waals surface area contributed by atoms with Gasteiger partial charge in [0.25, 0.3) is 0 Å². The summed E-state index contributed by atoms with van der Waals surface area (Å²) in [5, 5.41) is 2.14. The molecule has 0 saturated carbocycles. The molecular weight excluding hydrogens is 276 g/mol. The molecule has 2 nitrogen and oxygen atoms in total. The van der Waals surface area contributed by atoms with Gasteiger partial charge in [-0.3, -0.25) is 11.3 Å². The van der Waals surface area contributed by atoms with Gasteiger partial charge < -0.3 is 0 Å². The number of benzene rings is 1. The zero-order chi connectivity index (χ0) is 15.1. The lowest BCUT2D eigenvalue weighted by Gasteiger charge is -2.31. The van der Waals surface area contributed by atoms with E-state index in [9.17, 15) is 0 Å². The normalized spacial score (nSPS) is 15.6.